The summed E-state index contributed by atoms with van der Waals surface area (Å²) in [6.45, 7) is 1.17. The van der Waals surface area contributed by atoms with E-state index in [1.54, 1.807) is 11.3 Å². The van der Waals surface area contributed by atoms with Gasteiger partial charge in [-0.3, -0.25) is 0 Å². The van der Waals surface area contributed by atoms with Crippen molar-refractivity contribution in [1.82, 2.24) is 9.55 Å². The van der Waals surface area contributed by atoms with Crippen molar-refractivity contribution in [1.29, 1.82) is 0 Å². The van der Waals surface area contributed by atoms with Crippen molar-refractivity contribution in [2.24, 2.45) is 0 Å². The van der Waals surface area contributed by atoms with Crippen molar-refractivity contribution < 1.29 is 0 Å². The molecule has 0 bridgehead atoms. The lowest BCUT2D eigenvalue weighted by Crippen LogP contribution is -2.13. The maximum absolute atomic E-state index is 6.16. The second kappa shape index (κ2) is 3.49. The van der Waals surface area contributed by atoms with Crippen LogP contribution < -0.4 is 0 Å². The van der Waals surface area contributed by atoms with Crippen molar-refractivity contribution in [2.45, 2.75) is 45.1 Å². The van der Waals surface area contributed by atoms with Gasteiger partial charge in [0.05, 0.1) is 11.2 Å². The van der Waals surface area contributed by atoms with Gasteiger partial charge in [0.15, 0.2) is 0 Å². The molecule has 0 N–H and O–H groups in total. The third-order valence-corrected chi connectivity index (χ3v) is 4.38. The fourth-order valence-corrected chi connectivity index (χ4v) is 3.74. The van der Waals surface area contributed by atoms with Crippen LogP contribution in [-0.2, 0) is 25.8 Å². The summed E-state index contributed by atoms with van der Waals surface area (Å²) in [6, 6.07) is 2.08. The lowest BCUT2D eigenvalue weighted by Gasteiger charge is -2.19. The normalized spacial score (nSPS) is 18.4. The maximum atomic E-state index is 6.16. The molecule has 0 saturated carbocycles. The van der Waals surface area contributed by atoms with Gasteiger partial charge in [0, 0.05) is 17.6 Å². The zero-order chi connectivity index (χ0) is 11.4. The first-order valence-electron chi connectivity index (χ1n) is 6.54. The smallest absolute Gasteiger partial charge is 0.130 e. The minimum Gasteiger partial charge on any atom is -0.343 e. The van der Waals surface area contributed by atoms with Gasteiger partial charge in [0.25, 0.3) is 0 Å². The molecule has 0 saturated heterocycles. The summed E-state index contributed by atoms with van der Waals surface area (Å²) < 4.78 is 2.52. The van der Waals surface area contributed by atoms with Crippen LogP contribution in [0.4, 0.5) is 0 Å². The number of rotatable bonds is 0. The molecule has 0 spiro atoms. The van der Waals surface area contributed by atoms with Gasteiger partial charge >= 0.3 is 0 Å². The molecule has 0 amide bonds. The van der Waals surface area contributed by atoms with Crippen LogP contribution in [0.1, 0.15) is 36.2 Å². The van der Waals surface area contributed by atoms with E-state index in [1.165, 1.54) is 55.2 Å². The number of aryl methyl sites for hydroxylation is 3. The molecule has 0 unspecified atom stereocenters. The van der Waals surface area contributed by atoms with Crippen LogP contribution in [0.2, 0.25) is 5.15 Å². The van der Waals surface area contributed by atoms with Crippen LogP contribution in [0, 0.1) is 0 Å². The van der Waals surface area contributed by atoms with Crippen molar-refractivity contribution in [3.63, 3.8) is 0 Å². The summed E-state index contributed by atoms with van der Waals surface area (Å²) in [6.07, 6.45) is 7.40. The van der Waals surface area contributed by atoms with Gasteiger partial charge in [-0.2, -0.15) is 0 Å². The van der Waals surface area contributed by atoms with Crippen molar-refractivity contribution in [3.05, 3.63) is 28.2 Å². The topological polar surface area (TPSA) is 17.8 Å². The van der Waals surface area contributed by atoms with Crippen LogP contribution in [-0.4, -0.2) is 9.55 Å². The molecular weight excluding hydrogens is 232 g/mol. The van der Waals surface area contributed by atoms with Crippen LogP contribution in [0.15, 0.2) is 6.07 Å². The molecule has 3 heteroatoms. The highest BCUT2D eigenvalue weighted by molar-refractivity contribution is 6.30. The minimum absolute atomic E-state index is 0.667. The Bertz CT molecular complexity index is 612. The molecule has 0 radical (unpaired) electrons. The number of hydrogen-bond acceptors (Lipinski definition) is 1. The number of halogens is 1. The molecule has 3 heterocycles. The van der Waals surface area contributed by atoms with Crippen LogP contribution >= 0.6 is 11.6 Å². The SMILES string of the molecule is Clc1cc2c3c(n4c2c(n1)CCC4)CCCC3. The fourth-order valence-electron chi connectivity index (χ4n) is 3.53. The molecule has 0 fully saturated rings. The molecule has 2 aromatic rings. The summed E-state index contributed by atoms with van der Waals surface area (Å²) in [5.41, 5.74) is 5.72. The summed E-state index contributed by atoms with van der Waals surface area (Å²) in [4.78, 5) is 4.52. The molecule has 1 aliphatic carbocycles. The summed E-state index contributed by atoms with van der Waals surface area (Å²) in [5.74, 6) is 0. The highest BCUT2D eigenvalue weighted by Crippen LogP contribution is 2.37. The van der Waals surface area contributed by atoms with Crippen molar-refractivity contribution in [2.75, 3.05) is 0 Å². The lowest BCUT2D eigenvalue weighted by molar-refractivity contribution is 0.573. The number of nitrogens with zero attached hydrogens (tertiary/aromatic N) is 2. The molecule has 1 aliphatic heterocycles. The van der Waals surface area contributed by atoms with Crippen molar-refractivity contribution >= 4 is 22.5 Å². The second-order valence-corrected chi connectivity index (χ2v) is 5.56. The van der Waals surface area contributed by atoms with E-state index in [4.69, 9.17) is 11.6 Å². The van der Waals surface area contributed by atoms with E-state index in [9.17, 15) is 0 Å². The molecular formula is C14H15ClN2. The maximum Gasteiger partial charge on any atom is 0.130 e. The lowest BCUT2D eigenvalue weighted by atomic mass is 9.96. The van der Waals surface area contributed by atoms with Crippen LogP contribution in [0.3, 0.4) is 0 Å². The Hall–Kier alpha value is -1.02. The van der Waals surface area contributed by atoms with Crippen LogP contribution in [0.25, 0.3) is 10.9 Å². The average molecular weight is 247 g/mol. The highest BCUT2D eigenvalue weighted by atomic mass is 35.5. The van der Waals surface area contributed by atoms with Crippen molar-refractivity contribution in [3.8, 4) is 0 Å². The molecule has 4 rings (SSSR count). The third-order valence-electron chi connectivity index (χ3n) is 4.19. The first-order valence-corrected chi connectivity index (χ1v) is 6.92. The largest absolute Gasteiger partial charge is 0.343 e. The standard InChI is InChI=1S/C14H15ClN2/c15-13-8-10-9-4-1-2-6-12(9)17-7-3-5-11(16-13)14(10)17/h8H,1-7H2. The van der Waals surface area contributed by atoms with Gasteiger partial charge in [-0.25, -0.2) is 4.98 Å². The molecule has 88 valence electrons. The summed E-state index contributed by atoms with van der Waals surface area (Å²) >= 11 is 6.16. The number of hydrogen-bond donors (Lipinski definition) is 0. The predicted molar refractivity (Wildman–Crippen MR) is 69.7 cm³/mol. The molecule has 2 aromatic heterocycles. The summed E-state index contributed by atoms with van der Waals surface area (Å²) in [7, 11) is 0. The Morgan fingerprint density at radius 2 is 2.00 bits per heavy atom. The van der Waals surface area contributed by atoms with E-state index in [0.29, 0.717) is 5.15 Å². The Balaban J connectivity index is 2.16. The minimum atomic E-state index is 0.667. The average Bonchev–Trinajstić information content (AvgIpc) is 2.67. The monoisotopic (exact) mass is 246 g/mol. The number of pyridine rings is 1. The molecule has 0 aromatic carbocycles. The van der Waals surface area contributed by atoms with E-state index in [-0.39, 0.29) is 0 Å². The Kier molecular flexibility index (Phi) is 2.04. The second-order valence-electron chi connectivity index (χ2n) is 5.18. The van der Waals surface area contributed by atoms with E-state index >= 15 is 0 Å². The fraction of sp³-hybridized carbons (Fsp3) is 0.500. The Labute approximate surface area is 106 Å². The summed E-state index contributed by atoms with van der Waals surface area (Å²) in [5, 5.41) is 2.05. The quantitative estimate of drug-likeness (QED) is 0.651. The van der Waals surface area contributed by atoms with Gasteiger partial charge < -0.3 is 4.57 Å². The molecule has 2 aliphatic rings. The van der Waals surface area contributed by atoms with E-state index in [1.807, 2.05) is 0 Å². The zero-order valence-corrected chi connectivity index (χ0v) is 10.6. The number of fused-ring (bicyclic) bond motifs is 3. The Morgan fingerprint density at radius 1 is 1.12 bits per heavy atom. The van der Waals surface area contributed by atoms with Crippen LogP contribution in [0.5, 0.6) is 0 Å². The van der Waals surface area contributed by atoms with E-state index < -0.39 is 0 Å². The molecule has 17 heavy (non-hydrogen) atoms. The molecule has 0 atom stereocenters. The zero-order valence-electron chi connectivity index (χ0n) is 9.80. The van der Waals surface area contributed by atoms with Gasteiger partial charge in [-0.1, -0.05) is 11.6 Å². The Morgan fingerprint density at radius 3 is 2.94 bits per heavy atom. The third kappa shape index (κ3) is 1.30. The van der Waals surface area contributed by atoms with Gasteiger partial charge in [-0.15, -0.1) is 0 Å². The van der Waals surface area contributed by atoms with Gasteiger partial charge in [-0.05, 0) is 50.2 Å². The highest BCUT2D eigenvalue weighted by Gasteiger charge is 2.24. The van der Waals surface area contributed by atoms with Gasteiger partial charge in [0.2, 0.25) is 0 Å². The predicted octanol–water partition coefficient (Wildman–Crippen LogP) is 3.51. The van der Waals surface area contributed by atoms with E-state index in [0.717, 1.165) is 6.42 Å². The van der Waals surface area contributed by atoms with Gasteiger partial charge in [0.1, 0.15) is 5.15 Å². The molecule has 2 nitrogen and oxygen atoms in total. The number of aromatic nitrogens is 2. The first-order chi connectivity index (χ1) is 8.34. The first kappa shape index (κ1) is 9.95. The van der Waals surface area contributed by atoms with E-state index in [2.05, 4.69) is 15.6 Å².